The summed E-state index contributed by atoms with van der Waals surface area (Å²) in [5, 5.41) is 6.81. The van der Waals surface area contributed by atoms with Crippen LogP contribution in [0.2, 0.25) is 5.02 Å². The minimum Gasteiger partial charge on any atom is -0.352 e. The molecule has 0 aliphatic carbocycles. The summed E-state index contributed by atoms with van der Waals surface area (Å²) in [5.74, 6) is -0.358. The van der Waals surface area contributed by atoms with E-state index >= 15 is 0 Å². The normalized spacial score (nSPS) is 10.5. The fraction of sp³-hybridized carbons (Fsp3) is 0.190. The van der Waals surface area contributed by atoms with Crippen molar-refractivity contribution in [2.24, 2.45) is 0 Å². The molecule has 0 fully saturated rings. The van der Waals surface area contributed by atoms with E-state index in [1.807, 2.05) is 49.4 Å². The first-order chi connectivity index (χ1) is 13.5. The van der Waals surface area contributed by atoms with Crippen LogP contribution in [0.25, 0.3) is 0 Å². The number of thiazole rings is 1. The highest BCUT2D eigenvalue weighted by Gasteiger charge is 2.10. The Hall–Kier alpha value is -2.70. The van der Waals surface area contributed by atoms with E-state index in [9.17, 15) is 9.59 Å². The first kappa shape index (κ1) is 20.0. The van der Waals surface area contributed by atoms with Gasteiger partial charge in [0, 0.05) is 41.0 Å². The van der Waals surface area contributed by atoms with Crippen LogP contribution in [0.1, 0.15) is 32.8 Å². The number of rotatable bonds is 7. The van der Waals surface area contributed by atoms with Crippen molar-refractivity contribution in [1.82, 2.24) is 10.3 Å². The standard InChI is InChI=1S/C21H20ClN3O2S/c1-14-4-2-3-5-18(14)20(27)23-11-10-19(26)25-21-24-13-17(28-21)12-15-6-8-16(22)9-7-15/h2-9,13H,10-12H2,1H3,(H,23,27)(H,24,25,26). The number of carbonyl (C=O) groups excluding carboxylic acids is 2. The van der Waals surface area contributed by atoms with Crippen molar-refractivity contribution in [3.8, 4) is 0 Å². The summed E-state index contributed by atoms with van der Waals surface area (Å²) in [4.78, 5) is 29.5. The molecule has 0 aliphatic heterocycles. The van der Waals surface area contributed by atoms with Crippen molar-refractivity contribution >= 4 is 39.9 Å². The minimum absolute atomic E-state index is 0.176. The molecule has 28 heavy (non-hydrogen) atoms. The van der Waals surface area contributed by atoms with Crippen LogP contribution in [0.4, 0.5) is 5.13 Å². The summed E-state index contributed by atoms with van der Waals surface area (Å²) in [7, 11) is 0. The topological polar surface area (TPSA) is 71.1 Å². The Morgan fingerprint density at radius 3 is 2.61 bits per heavy atom. The molecule has 1 heterocycles. The lowest BCUT2D eigenvalue weighted by molar-refractivity contribution is -0.116. The molecule has 0 radical (unpaired) electrons. The number of hydrogen-bond acceptors (Lipinski definition) is 4. The first-order valence-corrected chi connectivity index (χ1v) is 10.0. The number of aryl methyl sites for hydroxylation is 1. The van der Waals surface area contributed by atoms with Crippen molar-refractivity contribution < 1.29 is 9.59 Å². The number of carbonyl (C=O) groups is 2. The molecule has 0 atom stereocenters. The molecule has 0 aliphatic rings. The van der Waals surface area contributed by atoms with Crippen LogP contribution < -0.4 is 10.6 Å². The predicted molar refractivity (Wildman–Crippen MR) is 113 cm³/mol. The Kier molecular flexibility index (Phi) is 6.79. The fourth-order valence-electron chi connectivity index (χ4n) is 2.64. The summed E-state index contributed by atoms with van der Waals surface area (Å²) in [6, 6.07) is 15.0. The lowest BCUT2D eigenvalue weighted by atomic mass is 10.1. The van der Waals surface area contributed by atoms with Gasteiger partial charge in [-0.1, -0.05) is 41.9 Å². The van der Waals surface area contributed by atoms with Gasteiger partial charge in [0.25, 0.3) is 5.91 Å². The van der Waals surface area contributed by atoms with Gasteiger partial charge in [-0.2, -0.15) is 0 Å². The maximum absolute atomic E-state index is 12.1. The highest BCUT2D eigenvalue weighted by Crippen LogP contribution is 2.22. The highest BCUT2D eigenvalue weighted by molar-refractivity contribution is 7.15. The van der Waals surface area contributed by atoms with Gasteiger partial charge in [0.1, 0.15) is 0 Å². The summed E-state index contributed by atoms with van der Waals surface area (Å²) < 4.78 is 0. The van der Waals surface area contributed by atoms with Crippen molar-refractivity contribution in [1.29, 1.82) is 0 Å². The molecule has 0 saturated heterocycles. The van der Waals surface area contributed by atoms with Crippen LogP contribution in [0.3, 0.4) is 0 Å². The van der Waals surface area contributed by atoms with Gasteiger partial charge >= 0.3 is 0 Å². The van der Waals surface area contributed by atoms with E-state index in [1.54, 1.807) is 12.3 Å². The second-order valence-electron chi connectivity index (χ2n) is 6.30. The van der Waals surface area contributed by atoms with Crippen LogP contribution in [-0.4, -0.2) is 23.3 Å². The lowest BCUT2D eigenvalue weighted by Crippen LogP contribution is -2.28. The molecule has 0 saturated carbocycles. The van der Waals surface area contributed by atoms with Crippen molar-refractivity contribution in [3.05, 3.63) is 81.3 Å². The average molecular weight is 414 g/mol. The third-order valence-corrected chi connectivity index (χ3v) is 5.28. The number of nitrogens with one attached hydrogen (secondary N) is 2. The summed E-state index contributed by atoms with van der Waals surface area (Å²) in [5.41, 5.74) is 2.65. The minimum atomic E-state index is -0.183. The van der Waals surface area contributed by atoms with E-state index in [2.05, 4.69) is 15.6 Å². The van der Waals surface area contributed by atoms with Gasteiger partial charge in [0.15, 0.2) is 5.13 Å². The van der Waals surface area contributed by atoms with E-state index < -0.39 is 0 Å². The van der Waals surface area contributed by atoms with E-state index in [-0.39, 0.29) is 24.8 Å². The molecule has 5 nitrogen and oxygen atoms in total. The number of anilines is 1. The smallest absolute Gasteiger partial charge is 0.251 e. The number of nitrogens with zero attached hydrogens (tertiary/aromatic N) is 1. The predicted octanol–water partition coefficient (Wildman–Crippen LogP) is 4.45. The maximum atomic E-state index is 12.1. The van der Waals surface area contributed by atoms with Crippen molar-refractivity contribution in [3.63, 3.8) is 0 Å². The second-order valence-corrected chi connectivity index (χ2v) is 7.86. The number of aromatic nitrogens is 1. The van der Waals surface area contributed by atoms with Crippen LogP contribution in [0, 0.1) is 6.92 Å². The summed E-state index contributed by atoms with van der Waals surface area (Å²) in [6.45, 7) is 2.15. The molecular weight excluding hydrogens is 394 g/mol. The van der Waals surface area contributed by atoms with Gasteiger partial charge in [0.05, 0.1) is 0 Å². The Morgan fingerprint density at radius 1 is 1.11 bits per heavy atom. The molecule has 1 aromatic heterocycles. The van der Waals surface area contributed by atoms with Crippen LogP contribution in [-0.2, 0) is 11.2 Å². The van der Waals surface area contributed by atoms with Gasteiger partial charge in [-0.05, 0) is 36.2 Å². The van der Waals surface area contributed by atoms with Gasteiger partial charge in [-0.25, -0.2) is 4.98 Å². The van der Waals surface area contributed by atoms with E-state index in [4.69, 9.17) is 11.6 Å². The Balaban J connectivity index is 1.45. The Morgan fingerprint density at radius 2 is 1.86 bits per heavy atom. The summed E-state index contributed by atoms with van der Waals surface area (Å²) in [6.07, 6.45) is 2.68. The fourth-order valence-corrected chi connectivity index (χ4v) is 3.63. The molecule has 0 bridgehead atoms. The zero-order chi connectivity index (χ0) is 19.9. The molecule has 3 aromatic rings. The van der Waals surface area contributed by atoms with Crippen LogP contribution in [0.5, 0.6) is 0 Å². The van der Waals surface area contributed by atoms with E-state index in [0.717, 1.165) is 22.4 Å². The molecule has 144 valence electrons. The molecule has 2 aromatic carbocycles. The summed E-state index contributed by atoms with van der Waals surface area (Å²) >= 11 is 7.33. The van der Waals surface area contributed by atoms with Crippen LogP contribution in [0.15, 0.2) is 54.7 Å². The van der Waals surface area contributed by atoms with Crippen molar-refractivity contribution in [2.45, 2.75) is 19.8 Å². The van der Waals surface area contributed by atoms with Crippen molar-refractivity contribution in [2.75, 3.05) is 11.9 Å². The third kappa shape index (κ3) is 5.65. The molecule has 7 heteroatoms. The average Bonchev–Trinajstić information content (AvgIpc) is 3.10. The zero-order valence-electron chi connectivity index (χ0n) is 15.4. The van der Waals surface area contributed by atoms with Gasteiger partial charge in [0.2, 0.25) is 5.91 Å². The molecule has 0 unspecified atom stereocenters. The molecule has 3 rings (SSSR count). The molecular formula is C21H20ClN3O2S. The quantitative estimate of drug-likeness (QED) is 0.601. The van der Waals surface area contributed by atoms with Gasteiger partial charge in [-0.15, -0.1) is 11.3 Å². The first-order valence-electron chi connectivity index (χ1n) is 8.84. The van der Waals surface area contributed by atoms with E-state index in [0.29, 0.717) is 15.7 Å². The molecule has 2 amide bonds. The van der Waals surface area contributed by atoms with Crippen LogP contribution >= 0.6 is 22.9 Å². The lowest BCUT2D eigenvalue weighted by Gasteiger charge is -2.07. The number of benzene rings is 2. The number of halogens is 1. The highest BCUT2D eigenvalue weighted by atomic mass is 35.5. The number of hydrogen-bond donors (Lipinski definition) is 2. The Labute approximate surface area is 172 Å². The SMILES string of the molecule is Cc1ccccc1C(=O)NCCC(=O)Nc1ncc(Cc2ccc(Cl)cc2)s1. The molecule has 0 spiro atoms. The maximum Gasteiger partial charge on any atom is 0.251 e. The second kappa shape index (κ2) is 9.48. The monoisotopic (exact) mass is 413 g/mol. The third-order valence-electron chi connectivity index (χ3n) is 4.12. The largest absolute Gasteiger partial charge is 0.352 e. The number of amides is 2. The van der Waals surface area contributed by atoms with Gasteiger partial charge in [-0.3, -0.25) is 9.59 Å². The molecule has 2 N–H and O–H groups in total. The Bertz CT molecular complexity index is 970. The zero-order valence-corrected chi connectivity index (χ0v) is 16.9. The van der Waals surface area contributed by atoms with E-state index in [1.165, 1.54) is 11.3 Å². The van der Waals surface area contributed by atoms with Gasteiger partial charge < -0.3 is 10.6 Å².